The maximum atomic E-state index is 11.1. The van der Waals surface area contributed by atoms with Crippen LogP contribution < -0.4 is 5.30 Å². The zero-order valence-corrected chi connectivity index (χ0v) is 11.5. The summed E-state index contributed by atoms with van der Waals surface area (Å²) in [7, 11) is -2.20. The summed E-state index contributed by atoms with van der Waals surface area (Å²) in [5.41, 5.74) is 1.03. The van der Waals surface area contributed by atoms with Crippen LogP contribution in [0.5, 0.6) is 0 Å². The average Bonchev–Trinajstić information content (AvgIpc) is 2.34. The summed E-state index contributed by atoms with van der Waals surface area (Å²) in [5.74, 6) is 0. The van der Waals surface area contributed by atoms with Gasteiger partial charge in [-0.25, -0.2) is 0 Å². The zero-order chi connectivity index (χ0) is 12.5. The molecule has 0 aliphatic heterocycles. The van der Waals surface area contributed by atoms with Crippen LogP contribution in [0.3, 0.4) is 0 Å². The first-order valence-electron chi connectivity index (χ1n) is 6.49. The van der Waals surface area contributed by atoms with E-state index in [0.717, 1.165) is 18.4 Å². The van der Waals surface area contributed by atoms with Gasteiger partial charge in [-0.05, 0) is 23.5 Å². The van der Waals surface area contributed by atoms with Crippen molar-refractivity contribution in [1.29, 1.82) is 0 Å². The molecule has 1 N–H and O–H groups in total. The Bertz CT molecular complexity index is 350. The standard InChI is InChI=1S/C14H21O2P/c1-2-3-4-5-6-7-10-13-11-8-9-12-14(13)17(15)16/h8-9,11-12H,2-7,10H2,1H3/p+1. The highest BCUT2D eigenvalue weighted by Gasteiger charge is 2.19. The second-order valence-corrected chi connectivity index (χ2v) is 5.45. The monoisotopic (exact) mass is 253 g/mol. The smallest absolute Gasteiger partial charge is 0.156 e. The SMILES string of the molecule is CCCCCCCCc1ccccc1[P+](=O)O. The fourth-order valence-electron chi connectivity index (χ4n) is 2.00. The molecule has 0 aromatic heterocycles. The Kier molecular flexibility index (Phi) is 7.07. The summed E-state index contributed by atoms with van der Waals surface area (Å²) in [4.78, 5) is 9.19. The first-order valence-corrected chi connectivity index (χ1v) is 7.71. The molecule has 1 rings (SSSR count). The van der Waals surface area contributed by atoms with Crippen molar-refractivity contribution in [3.05, 3.63) is 29.8 Å². The van der Waals surface area contributed by atoms with E-state index in [4.69, 9.17) is 0 Å². The van der Waals surface area contributed by atoms with Crippen molar-refractivity contribution in [2.45, 2.75) is 51.9 Å². The van der Waals surface area contributed by atoms with Crippen LogP contribution in [-0.2, 0) is 11.0 Å². The average molecular weight is 253 g/mol. The summed E-state index contributed by atoms with van der Waals surface area (Å²) < 4.78 is 11.1. The molecule has 0 saturated carbocycles. The Morgan fingerprint density at radius 3 is 2.41 bits per heavy atom. The highest BCUT2D eigenvalue weighted by atomic mass is 31.1. The number of hydrogen-bond donors (Lipinski definition) is 1. The summed E-state index contributed by atoms with van der Waals surface area (Å²) in [6.45, 7) is 2.22. The molecule has 94 valence electrons. The van der Waals surface area contributed by atoms with Gasteiger partial charge in [0.1, 0.15) is 0 Å². The van der Waals surface area contributed by atoms with Gasteiger partial charge in [0.2, 0.25) is 5.30 Å². The van der Waals surface area contributed by atoms with Crippen LogP contribution in [0.15, 0.2) is 24.3 Å². The Labute approximate surface area is 105 Å². The molecule has 0 fully saturated rings. The topological polar surface area (TPSA) is 37.3 Å². The second-order valence-electron chi connectivity index (χ2n) is 4.42. The first kappa shape index (κ1) is 14.3. The van der Waals surface area contributed by atoms with Gasteiger partial charge in [-0.3, -0.25) is 0 Å². The van der Waals surface area contributed by atoms with Crippen LogP contribution in [0.1, 0.15) is 51.0 Å². The lowest BCUT2D eigenvalue weighted by Gasteiger charge is -2.01. The minimum Gasteiger partial charge on any atom is -0.156 e. The van der Waals surface area contributed by atoms with Gasteiger partial charge in [0.15, 0.2) is 0 Å². The van der Waals surface area contributed by atoms with Gasteiger partial charge in [0.05, 0.1) is 0 Å². The van der Waals surface area contributed by atoms with E-state index in [9.17, 15) is 9.46 Å². The fourth-order valence-corrected chi connectivity index (χ4v) is 2.65. The van der Waals surface area contributed by atoms with E-state index in [1.54, 1.807) is 6.07 Å². The van der Waals surface area contributed by atoms with E-state index in [0.29, 0.717) is 5.30 Å². The maximum Gasteiger partial charge on any atom is 0.546 e. The van der Waals surface area contributed by atoms with Gasteiger partial charge in [-0.2, -0.15) is 4.89 Å². The number of aryl methyl sites for hydroxylation is 1. The molecule has 1 atom stereocenters. The van der Waals surface area contributed by atoms with Gasteiger partial charge in [0, 0.05) is 5.56 Å². The first-order chi connectivity index (χ1) is 8.25. The molecule has 0 bridgehead atoms. The molecule has 0 spiro atoms. The van der Waals surface area contributed by atoms with Crippen LogP contribution in [0.2, 0.25) is 0 Å². The van der Waals surface area contributed by atoms with E-state index in [1.807, 2.05) is 18.2 Å². The van der Waals surface area contributed by atoms with E-state index in [2.05, 4.69) is 6.92 Å². The molecule has 2 nitrogen and oxygen atoms in total. The fraction of sp³-hybridized carbons (Fsp3) is 0.571. The Morgan fingerprint density at radius 2 is 1.71 bits per heavy atom. The van der Waals surface area contributed by atoms with Crippen molar-refractivity contribution in [2.24, 2.45) is 0 Å². The van der Waals surface area contributed by atoms with Crippen molar-refractivity contribution in [3.8, 4) is 0 Å². The van der Waals surface area contributed by atoms with E-state index < -0.39 is 8.03 Å². The molecule has 0 heterocycles. The summed E-state index contributed by atoms with van der Waals surface area (Å²) in [6.07, 6.45) is 8.44. The normalized spacial score (nSPS) is 11.5. The van der Waals surface area contributed by atoms with Crippen molar-refractivity contribution in [1.82, 2.24) is 0 Å². The number of unbranched alkanes of at least 4 members (excludes halogenated alkanes) is 5. The van der Waals surface area contributed by atoms with Gasteiger partial charge in [0.25, 0.3) is 0 Å². The lowest BCUT2D eigenvalue weighted by atomic mass is 10.1. The largest absolute Gasteiger partial charge is 0.546 e. The summed E-state index contributed by atoms with van der Waals surface area (Å²) >= 11 is 0. The highest BCUT2D eigenvalue weighted by Crippen LogP contribution is 2.18. The lowest BCUT2D eigenvalue weighted by molar-refractivity contribution is 0.513. The molecule has 0 saturated heterocycles. The van der Waals surface area contributed by atoms with Crippen LogP contribution >= 0.6 is 8.03 Å². The molecule has 17 heavy (non-hydrogen) atoms. The second kappa shape index (κ2) is 8.38. The minimum atomic E-state index is -2.20. The molecule has 1 unspecified atom stereocenters. The molecule has 1 aromatic carbocycles. The highest BCUT2D eigenvalue weighted by molar-refractivity contribution is 7.47. The summed E-state index contributed by atoms with van der Waals surface area (Å²) in [5, 5.41) is 0.607. The van der Waals surface area contributed by atoms with E-state index >= 15 is 0 Å². The molecule has 0 amide bonds. The van der Waals surface area contributed by atoms with Crippen molar-refractivity contribution >= 4 is 13.3 Å². The Hall–Kier alpha value is -0.720. The van der Waals surface area contributed by atoms with Gasteiger partial charge in [-0.1, -0.05) is 57.2 Å². The van der Waals surface area contributed by atoms with Gasteiger partial charge in [-0.15, -0.1) is 0 Å². The molecule has 1 aromatic rings. The van der Waals surface area contributed by atoms with Gasteiger partial charge < -0.3 is 0 Å². The molecular weight excluding hydrogens is 231 g/mol. The Morgan fingerprint density at radius 1 is 1.06 bits per heavy atom. The lowest BCUT2D eigenvalue weighted by Crippen LogP contribution is -2.04. The minimum absolute atomic E-state index is 0.607. The molecule has 3 heteroatoms. The van der Waals surface area contributed by atoms with Crippen LogP contribution in [0, 0.1) is 0 Å². The number of rotatable bonds is 8. The predicted molar refractivity (Wildman–Crippen MR) is 73.0 cm³/mol. The zero-order valence-electron chi connectivity index (χ0n) is 10.6. The third-order valence-corrected chi connectivity index (χ3v) is 3.85. The van der Waals surface area contributed by atoms with E-state index in [1.165, 1.54) is 32.1 Å². The maximum absolute atomic E-state index is 11.1. The molecule has 0 radical (unpaired) electrons. The molecule has 0 aliphatic carbocycles. The van der Waals surface area contributed by atoms with Crippen molar-refractivity contribution < 1.29 is 9.46 Å². The molecular formula is C14H22O2P+. The number of benzene rings is 1. The summed E-state index contributed by atoms with van der Waals surface area (Å²) in [6, 6.07) is 7.48. The quantitative estimate of drug-likeness (QED) is 0.562. The van der Waals surface area contributed by atoms with E-state index in [-0.39, 0.29) is 0 Å². The van der Waals surface area contributed by atoms with Crippen molar-refractivity contribution in [2.75, 3.05) is 0 Å². The Balaban J connectivity index is 2.34. The third-order valence-electron chi connectivity index (χ3n) is 3.00. The van der Waals surface area contributed by atoms with Crippen LogP contribution in [0.25, 0.3) is 0 Å². The molecule has 0 aliphatic rings. The van der Waals surface area contributed by atoms with Crippen LogP contribution in [-0.4, -0.2) is 4.89 Å². The van der Waals surface area contributed by atoms with Crippen LogP contribution in [0.4, 0.5) is 0 Å². The van der Waals surface area contributed by atoms with Crippen molar-refractivity contribution in [3.63, 3.8) is 0 Å². The predicted octanol–water partition coefficient (Wildman–Crippen LogP) is 3.95. The van der Waals surface area contributed by atoms with Gasteiger partial charge >= 0.3 is 8.03 Å². The third kappa shape index (κ3) is 5.43. The number of hydrogen-bond acceptors (Lipinski definition) is 1.